The van der Waals surface area contributed by atoms with E-state index in [4.69, 9.17) is 0 Å². The third kappa shape index (κ3) is 3.84. The first-order valence-corrected chi connectivity index (χ1v) is 12.5. The third-order valence-corrected chi connectivity index (χ3v) is 7.02. The molecule has 0 aliphatic carbocycles. The summed E-state index contributed by atoms with van der Waals surface area (Å²) < 4.78 is 1.23. The topological polar surface area (TPSA) is 12.0 Å². The Morgan fingerprint density at radius 1 is 0.382 bits per heavy atom. The van der Waals surface area contributed by atoms with Gasteiger partial charge in [0, 0.05) is 14.9 Å². The van der Waals surface area contributed by atoms with Gasteiger partial charge in [-0.1, -0.05) is 91.0 Å². The van der Waals surface area contributed by atoms with E-state index in [1.54, 1.807) is 0 Å². The molecule has 0 saturated carbocycles. The van der Waals surface area contributed by atoms with Crippen molar-refractivity contribution in [1.29, 1.82) is 0 Å². The summed E-state index contributed by atoms with van der Waals surface area (Å²) in [6.45, 7) is 0. The fourth-order valence-corrected chi connectivity index (χ4v) is 5.13. The van der Waals surface area contributed by atoms with Crippen LogP contribution in [0.15, 0.2) is 127 Å². The highest BCUT2D eigenvalue weighted by Crippen LogP contribution is 2.43. The Morgan fingerprint density at radius 3 is 1.24 bits per heavy atom. The van der Waals surface area contributed by atoms with Crippen LogP contribution in [0.4, 0.5) is 11.4 Å². The van der Waals surface area contributed by atoms with Crippen LogP contribution >= 0.6 is 22.6 Å². The van der Waals surface area contributed by atoms with Crippen molar-refractivity contribution in [1.82, 2.24) is 0 Å². The van der Waals surface area contributed by atoms with Crippen molar-refractivity contribution in [2.45, 2.75) is 0 Å². The van der Waals surface area contributed by atoms with Gasteiger partial charge >= 0.3 is 0 Å². The molecule has 0 saturated heterocycles. The average Bonchev–Trinajstić information content (AvgIpc) is 2.89. The molecule has 0 aromatic heterocycles. The summed E-state index contributed by atoms with van der Waals surface area (Å²) in [5.74, 6) is 0. The normalized spacial score (nSPS) is 11.1. The molecule has 162 valence electrons. The lowest BCUT2D eigenvalue weighted by Crippen LogP contribution is -1.92. The fraction of sp³-hybridized carbons (Fsp3) is 0. The van der Waals surface area contributed by atoms with E-state index in [2.05, 4.69) is 155 Å². The SMILES string of the molecule is Ic1ccc(Nc2ccc(-c3c4ccccc4c(-c4ccccc4)c4ccccc34)cc2)cc1. The number of nitrogens with one attached hydrogen (secondary N) is 1. The molecular weight excluding hydrogens is 525 g/mol. The van der Waals surface area contributed by atoms with Gasteiger partial charge in [0.05, 0.1) is 0 Å². The summed E-state index contributed by atoms with van der Waals surface area (Å²) in [6, 6.07) is 45.5. The summed E-state index contributed by atoms with van der Waals surface area (Å²) in [5.41, 5.74) is 7.23. The van der Waals surface area contributed by atoms with Crippen LogP contribution in [-0.4, -0.2) is 0 Å². The lowest BCUT2D eigenvalue weighted by Gasteiger charge is -2.18. The number of anilines is 2. The second-order valence-corrected chi connectivity index (χ2v) is 9.66. The lowest BCUT2D eigenvalue weighted by molar-refractivity contribution is 1.53. The van der Waals surface area contributed by atoms with E-state index in [9.17, 15) is 0 Å². The molecule has 1 N–H and O–H groups in total. The highest BCUT2D eigenvalue weighted by Gasteiger charge is 2.16. The Balaban J connectivity index is 1.53. The maximum absolute atomic E-state index is 3.51. The molecule has 0 atom stereocenters. The zero-order valence-corrected chi connectivity index (χ0v) is 20.7. The fourth-order valence-electron chi connectivity index (χ4n) is 4.78. The first-order valence-electron chi connectivity index (χ1n) is 11.4. The predicted octanol–water partition coefficient (Wildman–Crippen LogP) is 9.68. The summed E-state index contributed by atoms with van der Waals surface area (Å²) in [4.78, 5) is 0. The van der Waals surface area contributed by atoms with E-state index < -0.39 is 0 Å². The van der Waals surface area contributed by atoms with E-state index in [0.717, 1.165) is 11.4 Å². The third-order valence-electron chi connectivity index (χ3n) is 6.30. The highest BCUT2D eigenvalue weighted by molar-refractivity contribution is 14.1. The second-order valence-electron chi connectivity index (χ2n) is 8.42. The van der Waals surface area contributed by atoms with E-state index in [1.807, 2.05) is 0 Å². The number of benzene rings is 6. The Labute approximate surface area is 213 Å². The van der Waals surface area contributed by atoms with Crippen molar-refractivity contribution in [2.75, 3.05) is 5.32 Å². The van der Waals surface area contributed by atoms with Gasteiger partial charge in [0.2, 0.25) is 0 Å². The number of rotatable bonds is 4. The Morgan fingerprint density at radius 2 is 0.765 bits per heavy atom. The number of hydrogen-bond acceptors (Lipinski definition) is 1. The first kappa shape index (κ1) is 20.9. The largest absolute Gasteiger partial charge is 0.356 e. The zero-order valence-electron chi connectivity index (χ0n) is 18.5. The van der Waals surface area contributed by atoms with Gasteiger partial charge in [-0.15, -0.1) is 0 Å². The summed E-state index contributed by atoms with van der Waals surface area (Å²) in [7, 11) is 0. The van der Waals surface area contributed by atoms with Gasteiger partial charge < -0.3 is 5.32 Å². The summed E-state index contributed by atoms with van der Waals surface area (Å²) in [6.07, 6.45) is 0. The van der Waals surface area contributed by atoms with E-state index in [-0.39, 0.29) is 0 Å². The van der Waals surface area contributed by atoms with Gasteiger partial charge in [0.15, 0.2) is 0 Å². The van der Waals surface area contributed by atoms with E-state index in [0.29, 0.717) is 0 Å². The molecule has 0 bridgehead atoms. The molecule has 0 amide bonds. The van der Waals surface area contributed by atoms with Crippen LogP contribution in [0, 0.1) is 3.57 Å². The predicted molar refractivity (Wildman–Crippen MR) is 155 cm³/mol. The van der Waals surface area contributed by atoms with Crippen LogP contribution in [0.1, 0.15) is 0 Å². The van der Waals surface area contributed by atoms with E-state index >= 15 is 0 Å². The van der Waals surface area contributed by atoms with Crippen LogP contribution in [-0.2, 0) is 0 Å². The molecule has 0 heterocycles. The van der Waals surface area contributed by atoms with Gasteiger partial charge in [0.25, 0.3) is 0 Å². The summed E-state index contributed by atoms with van der Waals surface area (Å²) >= 11 is 2.33. The maximum atomic E-state index is 3.51. The van der Waals surface area contributed by atoms with Gasteiger partial charge in [-0.25, -0.2) is 0 Å². The van der Waals surface area contributed by atoms with Gasteiger partial charge in [-0.05, 0) is 103 Å². The van der Waals surface area contributed by atoms with Crippen molar-refractivity contribution >= 4 is 55.5 Å². The van der Waals surface area contributed by atoms with Gasteiger partial charge in [-0.3, -0.25) is 0 Å². The number of halogens is 1. The van der Waals surface area contributed by atoms with E-state index in [1.165, 1.54) is 47.4 Å². The Hall–Kier alpha value is -3.63. The second kappa shape index (κ2) is 8.96. The molecule has 0 unspecified atom stereocenters. The highest BCUT2D eigenvalue weighted by atomic mass is 127. The molecule has 6 aromatic carbocycles. The van der Waals surface area contributed by atoms with Crippen LogP contribution in [0.3, 0.4) is 0 Å². The smallest absolute Gasteiger partial charge is 0.0384 e. The monoisotopic (exact) mass is 547 g/mol. The van der Waals surface area contributed by atoms with Crippen molar-refractivity contribution in [2.24, 2.45) is 0 Å². The number of fused-ring (bicyclic) bond motifs is 2. The Kier molecular flexibility index (Phi) is 5.52. The van der Waals surface area contributed by atoms with Crippen LogP contribution in [0.2, 0.25) is 0 Å². The molecule has 0 aliphatic rings. The van der Waals surface area contributed by atoms with Gasteiger partial charge in [0.1, 0.15) is 0 Å². The molecular formula is C32H22IN. The van der Waals surface area contributed by atoms with Crippen LogP contribution in [0.25, 0.3) is 43.8 Å². The van der Waals surface area contributed by atoms with Crippen molar-refractivity contribution in [3.8, 4) is 22.3 Å². The quantitative estimate of drug-likeness (QED) is 0.171. The molecule has 0 fully saturated rings. The minimum absolute atomic E-state index is 1.08. The molecule has 0 radical (unpaired) electrons. The van der Waals surface area contributed by atoms with Crippen molar-refractivity contribution in [3.05, 3.63) is 131 Å². The first-order chi connectivity index (χ1) is 16.8. The standard InChI is InChI=1S/C32H22IN/c33-24-16-20-26(21-17-24)34-25-18-14-23(15-19-25)32-29-12-6-4-10-27(29)31(22-8-2-1-3-9-22)28-11-5-7-13-30(28)32/h1-21,34H. The average molecular weight is 547 g/mol. The van der Waals surface area contributed by atoms with Crippen molar-refractivity contribution in [3.63, 3.8) is 0 Å². The van der Waals surface area contributed by atoms with Crippen LogP contribution in [0.5, 0.6) is 0 Å². The van der Waals surface area contributed by atoms with Gasteiger partial charge in [-0.2, -0.15) is 0 Å². The minimum Gasteiger partial charge on any atom is -0.356 e. The molecule has 0 spiro atoms. The number of hydrogen-bond donors (Lipinski definition) is 1. The molecule has 6 rings (SSSR count). The Bertz CT molecular complexity index is 1540. The zero-order chi connectivity index (χ0) is 22.9. The van der Waals surface area contributed by atoms with Crippen LogP contribution < -0.4 is 5.32 Å². The molecule has 6 aromatic rings. The molecule has 0 aliphatic heterocycles. The summed E-state index contributed by atoms with van der Waals surface area (Å²) in [5, 5.41) is 8.63. The molecule has 1 nitrogen and oxygen atoms in total. The minimum atomic E-state index is 1.08. The lowest BCUT2D eigenvalue weighted by atomic mass is 9.86. The molecule has 34 heavy (non-hydrogen) atoms. The van der Waals surface area contributed by atoms with Crippen molar-refractivity contribution < 1.29 is 0 Å². The molecule has 2 heteroatoms. The maximum Gasteiger partial charge on any atom is 0.0384 e.